The predicted molar refractivity (Wildman–Crippen MR) is 77.0 cm³/mol. The molecule has 0 unspecified atom stereocenters. The SMILES string of the molecule is N#Cc1ccc(Cl)cc1Oc1cccc([N+](=O)[O-])c1Br. The molecule has 0 N–H and O–H groups in total. The van der Waals surface area contributed by atoms with E-state index in [1.165, 1.54) is 24.3 Å². The Labute approximate surface area is 127 Å². The lowest BCUT2D eigenvalue weighted by Crippen LogP contribution is -1.93. The first-order valence-corrected chi connectivity index (χ1v) is 6.50. The van der Waals surface area contributed by atoms with E-state index in [2.05, 4.69) is 15.9 Å². The van der Waals surface area contributed by atoms with Crippen molar-refractivity contribution >= 4 is 33.2 Å². The predicted octanol–water partition coefficient (Wildman–Crippen LogP) is 4.67. The first-order valence-electron chi connectivity index (χ1n) is 5.33. The fraction of sp³-hybridized carbons (Fsp3) is 0. The van der Waals surface area contributed by atoms with Crippen molar-refractivity contribution in [1.29, 1.82) is 5.26 Å². The van der Waals surface area contributed by atoms with Crippen LogP contribution in [0, 0.1) is 21.4 Å². The largest absolute Gasteiger partial charge is 0.454 e. The summed E-state index contributed by atoms with van der Waals surface area (Å²) in [6.07, 6.45) is 0. The number of ether oxygens (including phenoxy) is 1. The maximum atomic E-state index is 10.9. The number of hydrogen-bond donors (Lipinski definition) is 0. The zero-order valence-corrected chi connectivity index (χ0v) is 12.2. The highest BCUT2D eigenvalue weighted by atomic mass is 79.9. The van der Waals surface area contributed by atoms with Gasteiger partial charge < -0.3 is 4.74 Å². The minimum Gasteiger partial charge on any atom is -0.454 e. The normalized spacial score (nSPS) is 9.85. The minimum atomic E-state index is -0.528. The van der Waals surface area contributed by atoms with Gasteiger partial charge in [0.2, 0.25) is 0 Å². The third kappa shape index (κ3) is 2.90. The quantitative estimate of drug-likeness (QED) is 0.593. The number of rotatable bonds is 3. The molecule has 0 radical (unpaired) electrons. The molecule has 0 atom stereocenters. The zero-order valence-electron chi connectivity index (χ0n) is 9.84. The molecule has 0 aromatic heterocycles. The number of nitro benzene ring substituents is 1. The van der Waals surface area contributed by atoms with Gasteiger partial charge in [0.15, 0.2) is 0 Å². The summed E-state index contributed by atoms with van der Waals surface area (Å²) in [5.41, 5.74) is 0.163. The summed E-state index contributed by atoms with van der Waals surface area (Å²) < 4.78 is 5.75. The Morgan fingerprint density at radius 2 is 2.05 bits per heavy atom. The van der Waals surface area contributed by atoms with Crippen LogP contribution in [0.25, 0.3) is 0 Å². The van der Waals surface area contributed by atoms with Gasteiger partial charge in [0.1, 0.15) is 22.0 Å². The second-order valence-electron chi connectivity index (χ2n) is 3.70. The molecule has 0 spiro atoms. The Morgan fingerprint density at radius 3 is 2.70 bits per heavy atom. The van der Waals surface area contributed by atoms with Crippen LogP contribution in [0.15, 0.2) is 40.9 Å². The minimum absolute atomic E-state index is 0.122. The van der Waals surface area contributed by atoms with Gasteiger partial charge in [0.25, 0.3) is 5.69 Å². The van der Waals surface area contributed by atoms with Crippen LogP contribution in [0.4, 0.5) is 5.69 Å². The Bertz CT molecular complexity index is 728. The van der Waals surface area contributed by atoms with Crippen molar-refractivity contribution in [2.75, 3.05) is 0 Å². The molecule has 0 saturated heterocycles. The van der Waals surface area contributed by atoms with E-state index in [-0.39, 0.29) is 27.2 Å². The van der Waals surface area contributed by atoms with E-state index >= 15 is 0 Å². The standard InChI is InChI=1S/C13H6BrClN2O3/c14-13-10(17(18)19)2-1-3-11(13)20-12-6-9(15)5-4-8(12)7-16/h1-6H. The molecular weight excluding hydrogens is 348 g/mol. The van der Waals surface area contributed by atoms with E-state index in [1.54, 1.807) is 12.1 Å². The first kappa shape index (κ1) is 14.3. The van der Waals surface area contributed by atoms with Gasteiger partial charge in [0, 0.05) is 17.2 Å². The molecule has 2 aromatic rings. The lowest BCUT2D eigenvalue weighted by atomic mass is 10.2. The van der Waals surface area contributed by atoms with Crippen molar-refractivity contribution in [3.63, 3.8) is 0 Å². The monoisotopic (exact) mass is 352 g/mol. The highest BCUT2D eigenvalue weighted by Gasteiger charge is 2.17. The highest BCUT2D eigenvalue weighted by molar-refractivity contribution is 9.10. The molecule has 100 valence electrons. The molecule has 7 heteroatoms. The van der Waals surface area contributed by atoms with Gasteiger partial charge in [-0.3, -0.25) is 10.1 Å². The van der Waals surface area contributed by atoms with Gasteiger partial charge in [0.05, 0.1) is 10.5 Å². The number of benzene rings is 2. The van der Waals surface area contributed by atoms with Gasteiger partial charge in [-0.05, 0) is 34.1 Å². The van der Waals surface area contributed by atoms with Crippen LogP contribution in [-0.2, 0) is 0 Å². The molecule has 2 aromatic carbocycles. The number of nitrogens with zero attached hydrogens (tertiary/aromatic N) is 2. The van der Waals surface area contributed by atoms with E-state index in [1.807, 2.05) is 6.07 Å². The number of nitriles is 1. The van der Waals surface area contributed by atoms with Crippen LogP contribution < -0.4 is 4.74 Å². The second kappa shape index (κ2) is 5.90. The van der Waals surface area contributed by atoms with Crippen molar-refractivity contribution in [2.24, 2.45) is 0 Å². The molecule has 0 fully saturated rings. The summed E-state index contributed by atoms with van der Waals surface area (Å²) in [7, 11) is 0. The van der Waals surface area contributed by atoms with Crippen LogP contribution in [0.5, 0.6) is 11.5 Å². The molecule has 0 saturated carbocycles. The van der Waals surface area contributed by atoms with E-state index in [9.17, 15) is 10.1 Å². The molecule has 0 aliphatic heterocycles. The van der Waals surface area contributed by atoms with Crippen LogP contribution >= 0.6 is 27.5 Å². The average molecular weight is 354 g/mol. The summed E-state index contributed by atoms with van der Waals surface area (Å²) in [5.74, 6) is 0.471. The second-order valence-corrected chi connectivity index (χ2v) is 4.93. The van der Waals surface area contributed by atoms with Gasteiger partial charge >= 0.3 is 0 Å². The van der Waals surface area contributed by atoms with E-state index < -0.39 is 4.92 Å². The topological polar surface area (TPSA) is 76.2 Å². The maximum Gasteiger partial charge on any atom is 0.287 e. The van der Waals surface area contributed by atoms with Crippen LogP contribution in [0.2, 0.25) is 5.02 Å². The van der Waals surface area contributed by atoms with Crippen LogP contribution in [-0.4, -0.2) is 4.92 Å². The van der Waals surface area contributed by atoms with Crippen molar-refractivity contribution in [3.05, 3.63) is 61.6 Å². The fourth-order valence-corrected chi connectivity index (χ4v) is 2.16. The van der Waals surface area contributed by atoms with Crippen molar-refractivity contribution in [3.8, 4) is 17.6 Å². The summed E-state index contributed by atoms with van der Waals surface area (Å²) in [6.45, 7) is 0. The van der Waals surface area contributed by atoms with Crippen molar-refractivity contribution in [2.45, 2.75) is 0 Å². The Kier molecular flexibility index (Phi) is 4.23. The first-order chi connectivity index (χ1) is 9.52. The molecule has 20 heavy (non-hydrogen) atoms. The van der Waals surface area contributed by atoms with Gasteiger partial charge in [-0.2, -0.15) is 5.26 Å². The Balaban J connectivity index is 2.46. The molecule has 5 nitrogen and oxygen atoms in total. The molecule has 2 rings (SSSR count). The molecule has 0 aliphatic carbocycles. The lowest BCUT2D eigenvalue weighted by Gasteiger charge is -2.09. The third-order valence-corrected chi connectivity index (χ3v) is 3.46. The Hall–Kier alpha value is -2.10. The molecule has 0 heterocycles. The summed E-state index contributed by atoms with van der Waals surface area (Å²) in [4.78, 5) is 10.3. The van der Waals surface area contributed by atoms with Crippen LogP contribution in [0.3, 0.4) is 0 Å². The Morgan fingerprint density at radius 1 is 1.30 bits per heavy atom. The molecule has 0 amide bonds. The highest BCUT2D eigenvalue weighted by Crippen LogP contribution is 2.37. The average Bonchev–Trinajstić information content (AvgIpc) is 2.41. The fourth-order valence-electron chi connectivity index (χ4n) is 1.51. The number of nitro groups is 1. The van der Waals surface area contributed by atoms with E-state index in [0.717, 1.165) is 0 Å². The van der Waals surface area contributed by atoms with Crippen molar-refractivity contribution < 1.29 is 9.66 Å². The smallest absolute Gasteiger partial charge is 0.287 e. The third-order valence-electron chi connectivity index (χ3n) is 2.42. The summed E-state index contributed by atoms with van der Waals surface area (Å²) >= 11 is 8.97. The van der Waals surface area contributed by atoms with Gasteiger partial charge in [-0.25, -0.2) is 0 Å². The summed E-state index contributed by atoms with van der Waals surface area (Å²) in [6, 6.07) is 10.9. The van der Waals surface area contributed by atoms with Gasteiger partial charge in [-0.1, -0.05) is 17.7 Å². The van der Waals surface area contributed by atoms with Gasteiger partial charge in [-0.15, -0.1) is 0 Å². The zero-order chi connectivity index (χ0) is 14.7. The molecular formula is C13H6BrClN2O3. The molecule has 0 bridgehead atoms. The summed E-state index contributed by atoms with van der Waals surface area (Å²) in [5, 5.41) is 20.3. The van der Waals surface area contributed by atoms with E-state index in [0.29, 0.717) is 5.02 Å². The number of halogens is 2. The maximum absolute atomic E-state index is 10.9. The van der Waals surface area contributed by atoms with E-state index in [4.69, 9.17) is 21.6 Å². The van der Waals surface area contributed by atoms with Crippen molar-refractivity contribution in [1.82, 2.24) is 0 Å². The number of hydrogen-bond acceptors (Lipinski definition) is 4. The lowest BCUT2D eigenvalue weighted by molar-refractivity contribution is -0.385. The van der Waals surface area contributed by atoms with Crippen LogP contribution in [0.1, 0.15) is 5.56 Å². The molecule has 0 aliphatic rings.